The highest BCUT2D eigenvalue weighted by atomic mass is 16.2. The van der Waals surface area contributed by atoms with Gasteiger partial charge >= 0.3 is 0 Å². The minimum Gasteiger partial charge on any atom is -0.288 e. The molecule has 0 aliphatic heterocycles. The quantitative estimate of drug-likeness (QED) is 0.839. The molecule has 0 bridgehead atoms. The van der Waals surface area contributed by atoms with E-state index in [1.54, 1.807) is 12.3 Å². The van der Waals surface area contributed by atoms with Gasteiger partial charge in [0.2, 0.25) is 5.95 Å². The van der Waals surface area contributed by atoms with Crippen LogP contribution in [0.4, 0.5) is 5.95 Å². The fourth-order valence-electron chi connectivity index (χ4n) is 1.33. The zero-order chi connectivity index (χ0) is 12.3. The smallest absolute Gasteiger partial charge is 0.276 e. The van der Waals surface area contributed by atoms with E-state index in [1.807, 2.05) is 19.9 Å². The third-order valence-electron chi connectivity index (χ3n) is 2.20. The van der Waals surface area contributed by atoms with E-state index >= 15 is 0 Å². The molecule has 7 heteroatoms. The minimum absolute atomic E-state index is 0.320. The van der Waals surface area contributed by atoms with Gasteiger partial charge in [-0.05, 0) is 42.0 Å². The molecule has 0 radical (unpaired) electrons. The van der Waals surface area contributed by atoms with Gasteiger partial charge < -0.3 is 0 Å². The van der Waals surface area contributed by atoms with Gasteiger partial charge in [0.25, 0.3) is 5.91 Å². The van der Waals surface area contributed by atoms with Crippen LogP contribution in [0.25, 0.3) is 0 Å². The maximum absolute atomic E-state index is 11.8. The first-order valence-electron chi connectivity index (χ1n) is 5.21. The maximum Gasteiger partial charge on any atom is 0.276 e. The van der Waals surface area contributed by atoms with Crippen LogP contribution in [-0.4, -0.2) is 31.1 Å². The van der Waals surface area contributed by atoms with E-state index in [1.165, 1.54) is 4.68 Å². The van der Waals surface area contributed by atoms with E-state index in [0.717, 1.165) is 5.56 Å². The SMILES string of the molecule is CCn1nnnc1NC(=O)c1cc(C)ccn1. The summed E-state index contributed by atoms with van der Waals surface area (Å²) < 4.78 is 1.49. The molecule has 7 nitrogen and oxygen atoms in total. The van der Waals surface area contributed by atoms with Crippen molar-refractivity contribution in [2.75, 3.05) is 5.32 Å². The number of aromatic nitrogens is 5. The molecule has 0 aliphatic carbocycles. The molecule has 0 saturated carbocycles. The predicted octanol–water partition coefficient (Wildman–Crippen LogP) is 0.649. The summed E-state index contributed by atoms with van der Waals surface area (Å²) in [6, 6.07) is 3.53. The van der Waals surface area contributed by atoms with E-state index in [9.17, 15) is 4.79 Å². The number of aryl methyl sites for hydroxylation is 2. The molecule has 88 valence electrons. The molecule has 0 aromatic carbocycles. The van der Waals surface area contributed by atoms with Crippen LogP contribution < -0.4 is 5.32 Å². The number of carbonyl (C=O) groups is 1. The fourth-order valence-corrected chi connectivity index (χ4v) is 1.33. The van der Waals surface area contributed by atoms with Gasteiger partial charge in [-0.3, -0.25) is 15.1 Å². The van der Waals surface area contributed by atoms with Crippen molar-refractivity contribution in [2.45, 2.75) is 20.4 Å². The molecule has 17 heavy (non-hydrogen) atoms. The summed E-state index contributed by atoms with van der Waals surface area (Å²) in [4.78, 5) is 15.8. The van der Waals surface area contributed by atoms with Crippen molar-refractivity contribution >= 4 is 11.9 Å². The molecule has 2 heterocycles. The van der Waals surface area contributed by atoms with Gasteiger partial charge in [-0.1, -0.05) is 5.10 Å². The van der Waals surface area contributed by atoms with E-state index in [0.29, 0.717) is 18.2 Å². The van der Waals surface area contributed by atoms with Crippen LogP contribution in [0.2, 0.25) is 0 Å². The van der Waals surface area contributed by atoms with Gasteiger partial charge in [0.15, 0.2) is 0 Å². The molecule has 1 N–H and O–H groups in total. The van der Waals surface area contributed by atoms with Crippen LogP contribution in [0.3, 0.4) is 0 Å². The summed E-state index contributed by atoms with van der Waals surface area (Å²) in [5, 5.41) is 13.5. The highest BCUT2D eigenvalue weighted by Gasteiger charge is 2.11. The predicted molar refractivity (Wildman–Crippen MR) is 60.4 cm³/mol. The van der Waals surface area contributed by atoms with Crippen molar-refractivity contribution in [3.05, 3.63) is 29.6 Å². The van der Waals surface area contributed by atoms with Crippen LogP contribution >= 0.6 is 0 Å². The first kappa shape index (κ1) is 11.2. The van der Waals surface area contributed by atoms with E-state index in [4.69, 9.17) is 0 Å². The Bertz CT molecular complexity index is 535. The molecule has 0 spiro atoms. The first-order valence-corrected chi connectivity index (χ1v) is 5.21. The summed E-state index contributed by atoms with van der Waals surface area (Å²) in [5.41, 5.74) is 1.32. The number of nitrogens with zero attached hydrogens (tertiary/aromatic N) is 5. The summed E-state index contributed by atoms with van der Waals surface area (Å²) in [6.07, 6.45) is 1.59. The van der Waals surface area contributed by atoms with Gasteiger partial charge in [-0.15, -0.1) is 0 Å². The molecular formula is C10H12N6O. The largest absolute Gasteiger partial charge is 0.288 e. The highest BCUT2D eigenvalue weighted by molar-refractivity contribution is 6.01. The Morgan fingerprint density at radius 2 is 2.35 bits per heavy atom. The standard InChI is InChI=1S/C10H12N6O/c1-3-16-10(13-14-15-16)12-9(17)8-6-7(2)4-5-11-8/h4-6H,3H2,1-2H3,(H,12,13,15,17). The van der Waals surface area contributed by atoms with Crippen LogP contribution in [-0.2, 0) is 6.54 Å². The zero-order valence-electron chi connectivity index (χ0n) is 9.58. The summed E-state index contributed by atoms with van der Waals surface area (Å²) in [7, 11) is 0. The number of rotatable bonds is 3. The normalized spacial score (nSPS) is 10.2. The van der Waals surface area contributed by atoms with Crippen molar-refractivity contribution in [3.63, 3.8) is 0 Å². The third-order valence-corrected chi connectivity index (χ3v) is 2.20. The van der Waals surface area contributed by atoms with Crippen molar-refractivity contribution in [1.82, 2.24) is 25.2 Å². The lowest BCUT2D eigenvalue weighted by Gasteiger charge is -2.03. The van der Waals surface area contributed by atoms with E-state index in [2.05, 4.69) is 25.8 Å². The Balaban J connectivity index is 2.17. The molecule has 2 rings (SSSR count). The van der Waals surface area contributed by atoms with Crippen molar-refractivity contribution in [1.29, 1.82) is 0 Å². The lowest BCUT2D eigenvalue weighted by atomic mass is 10.2. The molecular weight excluding hydrogens is 220 g/mol. The monoisotopic (exact) mass is 232 g/mol. The van der Waals surface area contributed by atoms with E-state index in [-0.39, 0.29) is 5.91 Å². The van der Waals surface area contributed by atoms with Crippen molar-refractivity contribution in [3.8, 4) is 0 Å². The number of amides is 1. The van der Waals surface area contributed by atoms with Gasteiger partial charge in [0, 0.05) is 12.7 Å². The zero-order valence-corrected chi connectivity index (χ0v) is 9.58. The molecule has 1 amide bonds. The average Bonchev–Trinajstić information content (AvgIpc) is 2.76. The Hall–Kier alpha value is -2.31. The molecule has 0 atom stereocenters. The molecule has 0 saturated heterocycles. The average molecular weight is 232 g/mol. The van der Waals surface area contributed by atoms with Gasteiger partial charge in [0.05, 0.1) is 0 Å². The second-order valence-electron chi connectivity index (χ2n) is 3.49. The fraction of sp³-hybridized carbons (Fsp3) is 0.300. The topological polar surface area (TPSA) is 85.6 Å². The summed E-state index contributed by atoms with van der Waals surface area (Å²) >= 11 is 0. The lowest BCUT2D eigenvalue weighted by Crippen LogP contribution is -2.17. The number of nitrogens with one attached hydrogen (secondary N) is 1. The summed E-state index contributed by atoms with van der Waals surface area (Å²) in [5.74, 6) is -0.000920. The molecule has 0 unspecified atom stereocenters. The van der Waals surface area contributed by atoms with E-state index < -0.39 is 0 Å². The minimum atomic E-state index is -0.321. The number of pyridine rings is 1. The Kier molecular flexibility index (Phi) is 3.08. The van der Waals surface area contributed by atoms with Crippen molar-refractivity contribution < 1.29 is 4.79 Å². The number of anilines is 1. The number of hydrogen-bond donors (Lipinski definition) is 1. The second-order valence-corrected chi connectivity index (χ2v) is 3.49. The molecule has 0 fully saturated rings. The Morgan fingerprint density at radius 3 is 3.06 bits per heavy atom. The Morgan fingerprint density at radius 1 is 1.53 bits per heavy atom. The van der Waals surface area contributed by atoms with Crippen LogP contribution in [0.1, 0.15) is 23.0 Å². The van der Waals surface area contributed by atoms with Gasteiger partial charge in [0.1, 0.15) is 5.69 Å². The highest BCUT2D eigenvalue weighted by Crippen LogP contribution is 2.04. The molecule has 2 aromatic rings. The Labute approximate surface area is 97.9 Å². The third kappa shape index (κ3) is 2.44. The second kappa shape index (κ2) is 4.69. The number of carbonyl (C=O) groups excluding carboxylic acids is 1. The number of tetrazole rings is 1. The molecule has 2 aromatic heterocycles. The molecule has 0 aliphatic rings. The number of hydrogen-bond acceptors (Lipinski definition) is 5. The maximum atomic E-state index is 11.8. The summed E-state index contributed by atoms with van der Waals surface area (Å²) in [6.45, 7) is 4.37. The first-order chi connectivity index (χ1) is 8.20. The van der Waals surface area contributed by atoms with Crippen LogP contribution in [0.5, 0.6) is 0 Å². The van der Waals surface area contributed by atoms with Gasteiger partial charge in [-0.2, -0.15) is 0 Å². The van der Waals surface area contributed by atoms with Gasteiger partial charge in [-0.25, -0.2) is 4.68 Å². The van der Waals surface area contributed by atoms with Crippen molar-refractivity contribution in [2.24, 2.45) is 0 Å². The lowest BCUT2D eigenvalue weighted by molar-refractivity contribution is 0.102. The van der Waals surface area contributed by atoms with Crippen LogP contribution in [0.15, 0.2) is 18.3 Å². The van der Waals surface area contributed by atoms with Crippen LogP contribution in [0, 0.1) is 6.92 Å².